The molecule has 0 heterocycles. The average molecular weight is 543 g/mol. The van der Waals surface area contributed by atoms with Crippen LogP contribution in [0, 0.1) is 0 Å². The summed E-state index contributed by atoms with van der Waals surface area (Å²) in [6.07, 6.45) is 2.17. The number of amides is 4. The van der Waals surface area contributed by atoms with Crippen LogP contribution in [0.4, 0.5) is 0 Å². The van der Waals surface area contributed by atoms with Gasteiger partial charge in [-0.1, -0.05) is 43.2 Å². The molecule has 0 saturated carbocycles. The number of nitrogens with one attached hydrogen (secondary N) is 4. The highest BCUT2D eigenvalue weighted by molar-refractivity contribution is 5.91. The van der Waals surface area contributed by atoms with E-state index in [-0.39, 0.29) is 35.9 Å². The molecule has 0 spiro atoms. The van der Waals surface area contributed by atoms with Crippen LogP contribution in [0.25, 0.3) is 0 Å². The third-order valence-corrected chi connectivity index (χ3v) is 5.74. The first-order chi connectivity index (χ1) is 18.1. The Morgan fingerprint density at radius 1 is 0.842 bits per heavy atom. The van der Waals surface area contributed by atoms with Gasteiger partial charge in [0.25, 0.3) is 0 Å². The van der Waals surface area contributed by atoms with Crippen molar-refractivity contribution < 1.29 is 39.2 Å². The maximum atomic E-state index is 12.9. The molecule has 220 valence electrons. The molecule has 0 bridgehead atoms. The van der Waals surface area contributed by atoms with E-state index < -0.39 is 30.0 Å². The number of unbranched alkanes of at least 4 members (excludes halogenated alkanes) is 1. The highest BCUT2D eigenvalue weighted by Crippen LogP contribution is 2.09. The second kappa shape index (κ2) is 17.9. The summed E-state index contributed by atoms with van der Waals surface area (Å²) in [4.78, 5) is 60.6. The zero-order valence-corrected chi connectivity index (χ0v) is 23.0. The van der Waals surface area contributed by atoms with Gasteiger partial charge < -0.3 is 30.7 Å². The van der Waals surface area contributed by atoms with Crippen molar-refractivity contribution in [3.8, 4) is 0 Å². The molecule has 11 heteroatoms. The van der Waals surface area contributed by atoms with E-state index in [1.54, 1.807) is 6.92 Å². The largest absolute Gasteiger partial charge is 0.467 e. The first-order valence-electron chi connectivity index (χ1n) is 12.9. The normalized spacial score (nSPS) is 13.8. The van der Waals surface area contributed by atoms with Gasteiger partial charge in [-0.3, -0.25) is 19.2 Å². The molecule has 0 aliphatic heterocycles. The van der Waals surface area contributed by atoms with Crippen LogP contribution in [-0.4, -0.2) is 74.1 Å². The van der Waals surface area contributed by atoms with Gasteiger partial charge in [0, 0.05) is 26.2 Å². The van der Waals surface area contributed by atoms with Crippen LogP contribution in [0.5, 0.6) is 0 Å². The fourth-order valence-electron chi connectivity index (χ4n) is 3.86. The topological polar surface area (TPSA) is 152 Å². The van der Waals surface area contributed by atoms with E-state index in [1.807, 2.05) is 37.3 Å². The molecule has 1 aromatic carbocycles. The van der Waals surface area contributed by atoms with Crippen molar-refractivity contribution in [3.05, 3.63) is 35.9 Å². The van der Waals surface area contributed by atoms with Crippen molar-refractivity contribution in [2.75, 3.05) is 20.3 Å². The Balaban J connectivity index is -0.00000180. The molecule has 4 amide bonds. The Labute approximate surface area is 230 Å². The summed E-state index contributed by atoms with van der Waals surface area (Å²) < 4.78 is 10.2. The molecular weight excluding hydrogens is 492 g/mol. The smallest absolute Gasteiger partial charge is 0.328 e. The minimum atomic E-state index is -0.858. The molecule has 0 aromatic heterocycles. The van der Waals surface area contributed by atoms with Crippen LogP contribution < -0.4 is 21.3 Å². The van der Waals surface area contributed by atoms with E-state index in [1.165, 1.54) is 21.0 Å². The summed E-state index contributed by atoms with van der Waals surface area (Å²) in [7, 11) is 1.24. The maximum absolute atomic E-state index is 12.9. The lowest BCUT2D eigenvalue weighted by Crippen LogP contribution is -2.54. The average Bonchev–Trinajstić information content (AvgIpc) is 2.87. The van der Waals surface area contributed by atoms with Gasteiger partial charge in [-0.25, -0.2) is 4.79 Å². The van der Waals surface area contributed by atoms with Gasteiger partial charge >= 0.3 is 5.97 Å². The van der Waals surface area contributed by atoms with Crippen LogP contribution >= 0.6 is 0 Å². The van der Waals surface area contributed by atoms with E-state index in [2.05, 4.69) is 21.3 Å². The Morgan fingerprint density at radius 2 is 1.42 bits per heavy atom. The number of hydrogen-bond donors (Lipinski definition) is 4. The van der Waals surface area contributed by atoms with Crippen LogP contribution in [0.1, 0.15) is 64.6 Å². The Kier molecular flexibility index (Phi) is 15.3. The first kappa shape index (κ1) is 32.6. The SMILES string of the molecule is CCOC[C@@H](Cc1ccccc1)NC(=O)[C@@H](C)NC(=O)C(CCCCC(NC(C)=O)C(=O)OC)NC(C)=O.[HH].[HH].[HH].[HH]. The van der Waals surface area contributed by atoms with Crippen LogP contribution in [0.3, 0.4) is 0 Å². The van der Waals surface area contributed by atoms with Gasteiger partial charge in [-0.2, -0.15) is 0 Å². The molecule has 38 heavy (non-hydrogen) atoms. The lowest BCUT2D eigenvalue weighted by molar-refractivity contribution is -0.145. The van der Waals surface area contributed by atoms with E-state index in [4.69, 9.17) is 9.47 Å². The number of ether oxygens (including phenoxy) is 2. The highest BCUT2D eigenvalue weighted by Gasteiger charge is 2.25. The van der Waals surface area contributed by atoms with Crippen LogP contribution in [-0.2, 0) is 39.9 Å². The molecular formula is C27H50N4O7. The zero-order chi connectivity index (χ0) is 28.5. The summed E-state index contributed by atoms with van der Waals surface area (Å²) in [5, 5.41) is 10.8. The van der Waals surface area contributed by atoms with Crippen molar-refractivity contribution >= 4 is 29.6 Å². The molecule has 2 unspecified atom stereocenters. The zero-order valence-electron chi connectivity index (χ0n) is 23.0. The Morgan fingerprint density at radius 3 is 1.97 bits per heavy atom. The summed E-state index contributed by atoms with van der Waals surface area (Å²) in [6.45, 7) is 6.91. The molecule has 0 fully saturated rings. The van der Waals surface area contributed by atoms with Gasteiger partial charge in [-0.05, 0) is 38.7 Å². The third kappa shape index (κ3) is 13.2. The van der Waals surface area contributed by atoms with Crippen molar-refractivity contribution in [2.24, 2.45) is 0 Å². The lowest BCUT2D eigenvalue weighted by Gasteiger charge is -2.24. The van der Waals surface area contributed by atoms with Gasteiger partial charge in [0.2, 0.25) is 23.6 Å². The Hall–Kier alpha value is -3.47. The first-order valence-corrected chi connectivity index (χ1v) is 12.9. The standard InChI is InChI=1S/C27H42N4O7.4H2/c1-6-38-17-22(16-21-12-8-7-9-13-21)31-25(34)18(2)28-26(35)23(29-19(3)32)14-10-11-15-24(27(36)37-5)30-20(4)33;;;;/h7-9,12-13,18,22-24H,6,10-11,14-17H2,1-5H3,(H,28,35)(H,29,32)(H,30,33)(H,31,34);4*1H/t18-,22-,23?,24?;;;;/m1..../s1. The molecule has 4 atom stereocenters. The number of carbonyl (C=O) groups excluding carboxylic acids is 5. The van der Waals surface area contributed by atoms with E-state index in [9.17, 15) is 24.0 Å². The predicted octanol–water partition coefficient (Wildman–Crippen LogP) is 1.98. The molecule has 0 aliphatic carbocycles. The second-order valence-electron chi connectivity index (χ2n) is 9.10. The summed E-state index contributed by atoms with van der Waals surface area (Å²) >= 11 is 0. The van der Waals surface area contributed by atoms with Gasteiger partial charge in [-0.15, -0.1) is 0 Å². The van der Waals surface area contributed by atoms with E-state index in [0.717, 1.165) is 5.56 Å². The van der Waals surface area contributed by atoms with Gasteiger partial charge in [0.15, 0.2) is 0 Å². The fourth-order valence-corrected chi connectivity index (χ4v) is 3.86. The van der Waals surface area contributed by atoms with Crippen molar-refractivity contribution in [3.63, 3.8) is 0 Å². The molecule has 0 radical (unpaired) electrons. The van der Waals surface area contributed by atoms with E-state index >= 15 is 0 Å². The number of methoxy groups -OCH3 is 1. The lowest BCUT2D eigenvalue weighted by atomic mass is 10.0. The summed E-state index contributed by atoms with van der Waals surface area (Å²) in [5.74, 6) is -2.13. The molecule has 0 saturated heterocycles. The summed E-state index contributed by atoms with van der Waals surface area (Å²) in [6, 6.07) is 6.95. The number of hydrogen-bond acceptors (Lipinski definition) is 7. The molecule has 0 aliphatic rings. The number of benzene rings is 1. The van der Waals surface area contributed by atoms with Crippen molar-refractivity contribution in [2.45, 2.75) is 84.0 Å². The minimum Gasteiger partial charge on any atom is -0.467 e. The highest BCUT2D eigenvalue weighted by atomic mass is 16.5. The number of esters is 1. The monoisotopic (exact) mass is 542 g/mol. The minimum absolute atomic E-state index is 0. The van der Waals surface area contributed by atoms with Gasteiger partial charge in [0.05, 0.1) is 19.8 Å². The van der Waals surface area contributed by atoms with E-state index in [0.29, 0.717) is 38.9 Å². The quantitative estimate of drug-likeness (QED) is 0.173. The third-order valence-electron chi connectivity index (χ3n) is 5.74. The second-order valence-corrected chi connectivity index (χ2v) is 9.10. The predicted molar refractivity (Wildman–Crippen MR) is 150 cm³/mol. The van der Waals surface area contributed by atoms with Crippen molar-refractivity contribution in [1.29, 1.82) is 0 Å². The molecule has 4 N–H and O–H groups in total. The fraction of sp³-hybridized carbons (Fsp3) is 0.593. The molecule has 1 rings (SSSR count). The van der Waals surface area contributed by atoms with Crippen LogP contribution in [0.15, 0.2) is 30.3 Å². The molecule has 1 aromatic rings. The van der Waals surface area contributed by atoms with Crippen LogP contribution in [0.2, 0.25) is 0 Å². The maximum Gasteiger partial charge on any atom is 0.328 e. The van der Waals surface area contributed by atoms with Gasteiger partial charge in [0.1, 0.15) is 18.1 Å². The Bertz CT molecular complexity index is 929. The number of carbonyl (C=O) groups is 5. The summed E-state index contributed by atoms with van der Waals surface area (Å²) in [5.41, 5.74) is 1.05. The molecule has 11 nitrogen and oxygen atoms in total. The van der Waals surface area contributed by atoms with Crippen molar-refractivity contribution in [1.82, 2.24) is 21.3 Å². The number of rotatable bonds is 17.